The van der Waals surface area contributed by atoms with Gasteiger partial charge in [-0.25, -0.2) is 0 Å². The van der Waals surface area contributed by atoms with Crippen LogP contribution in [0.5, 0.6) is 0 Å². The van der Waals surface area contributed by atoms with E-state index in [9.17, 15) is 0 Å². The van der Waals surface area contributed by atoms with Crippen LogP contribution in [0.4, 0.5) is 5.69 Å². The van der Waals surface area contributed by atoms with Crippen molar-refractivity contribution < 1.29 is 4.42 Å². The fraction of sp³-hybridized carbons (Fsp3) is 0.111. The van der Waals surface area contributed by atoms with Gasteiger partial charge in [0.2, 0.25) is 0 Å². The van der Waals surface area contributed by atoms with Crippen molar-refractivity contribution in [3.8, 4) is 0 Å². The topological polar surface area (TPSA) is 25.2 Å². The summed E-state index contributed by atoms with van der Waals surface area (Å²) in [6.07, 6.45) is 0. The summed E-state index contributed by atoms with van der Waals surface area (Å²) in [5.41, 5.74) is 4.31. The van der Waals surface area contributed by atoms with Crippen LogP contribution >= 0.6 is 11.3 Å². The van der Waals surface area contributed by atoms with Crippen LogP contribution in [0.1, 0.15) is 13.0 Å². The molecule has 2 aromatic heterocycles. The smallest absolute Gasteiger partial charge is 0.135 e. The lowest BCUT2D eigenvalue weighted by atomic mass is 10.1. The molecule has 4 rings (SSSR count). The highest BCUT2D eigenvalue weighted by Crippen LogP contribution is 2.30. The SMILES string of the molecule is C.c1ccc2c(c1)oc1ccc(NCc3ccsc3)cc12. The standard InChI is InChI=1S/C17H13NOS.CH4/c1-2-4-16-14(3-1)15-9-13(5-6-17(15)19-16)18-10-12-7-8-20-11-12;/h1-9,11,18H,10H2;1H4. The predicted octanol–water partition coefficient (Wildman–Crippen LogP) is 5.90. The fourth-order valence-electron chi connectivity index (χ4n) is 2.43. The second-order valence-electron chi connectivity index (χ2n) is 4.79. The van der Waals surface area contributed by atoms with Gasteiger partial charge in [-0.3, -0.25) is 0 Å². The van der Waals surface area contributed by atoms with E-state index in [4.69, 9.17) is 4.42 Å². The summed E-state index contributed by atoms with van der Waals surface area (Å²) in [6, 6.07) is 16.6. The summed E-state index contributed by atoms with van der Waals surface area (Å²) in [4.78, 5) is 0. The molecular formula is C18H17NOS. The van der Waals surface area contributed by atoms with Gasteiger partial charge in [-0.05, 0) is 46.7 Å². The number of benzene rings is 2. The van der Waals surface area contributed by atoms with Crippen molar-refractivity contribution in [3.05, 3.63) is 64.9 Å². The van der Waals surface area contributed by atoms with Crippen molar-refractivity contribution in [3.63, 3.8) is 0 Å². The summed E-state index contributed by atoms with van der Waals surface area (Å²) >= 11 is 1.73. The van der Waals surface area contributed by atoms with Crippen LogP contribution in [0.15, 0.2) is 63.7 Å². The molecule has 2 heterocycles. The van der Waals surface area contributed by atoms with Crippen molar-refractivity contribution in [2.75, 3.05) is 5.32 Å². The molecule has 0 aliphatic heterocycles. The number of thiophene rings is 1. The Morgan fingerprint density at radius 2 is 1.81 bits per heavy atom. The molecule has 1 N–H and O–H groups in total. The van der Waals surface area contributed by atoms with Gasteiger partial charge in [-0.2, -0.15) is 11.3 Å². The van der Waals surface area contributed by atoms with Crippen LogP contribution in [0, 0.1) is 0 Å². The van der Waals surface area contributed by atoms with Gasteiger partial charge >= 0.3 is 0 Å². The Balaban J connectivity index is 0.00000132. The van der Waals surface area contributed by atoms with Crippen LogP contribution in [0.3, 0.4) is 0 Å². The minimum Gasteiger partial charge on any atom is -0.456 e. The maximum atomic E-state index is 5.83. The second-order valence-corrected chi connectivity index (χ2v) is 5.57. The molecular weight excluding hydrogens is 278 g/mol. The number of hydrogen-bond donors (Lipinski definition) is 1. The third-order valence-electron chi connectivity index (χ3n) is 3.45. The van der Waals surface area contributed by atoms with Crippen molar-refractivity contribution in [2.45, 2.75) is 14.0 Å². The van der Waals surface area contributed by atoms with E-state index in [0.717, 1.165) is 28.8 Å². The van der Waals surface area contributed by atoms with Crippen molar-refractivity contribution >= 4 is 39.0 Å². The van der Waals surface area contributed by atoms with Gasteiger partial charge in [0.05, 0.1) is 0 Å². The van der Waals surface area contributed by atoms with E-state index in [1.54, 1.807) is 11.3 Å². The lowest BCUT2D eigenvalue weighted by Gasteiger charge is -2.04. The van der Waals surface area contributed by atoms with Crippen LogP contribution in [0.25, 0.3) is 21.9 Å². The average Bonchev–Trinajstić information content (AvgIpc) is 3.12. The quantitative estimate of drug-likeness (QED) is 0.509. The second kappa shape index (κ2) is 5.62. The lowest BCUT2D eigenvalue weighted by Crippen LogP contribution is -1.97. The van der Waals surface area contributed by atoms with Crippen molar-refractivity contribution in [1.82, 2.24) is 0 Å². The lowest BCUT2D eigenvalue weighted by molar-refractivity contribution is 0.669. The van der Waals surface area contributed by atoms with E-state index in [1.807, 2.05) is 24.3 Å². The largest absolute Gasteiger partial charge is 0.456 e. The molecule has 106 valence electrons. The Morgan fingerprint density at radius 3 is 2.67 bits per heavy atom. The Bertz CT molecular complexity index is 861. The van der Waals surface area contributed by atoms with Crippen LogP contribution in [-0.4, -0.2) is 0 Å². The average molecular weight is 295 g/mol. The number of furan rings is 1. The maximum Gasteiger partial charge on any atom is 0.135 e. The maximum absolute atomic E-state index is 5.83. The molecule has 0 amide bonds. The molecule has 0 aliphatic rings. The van der Waals surface area contributed by atoms with Gasteiger partial charge in [0.25, 0.3) is 0 Å². The summed E-state index contributed by atoms with van der Waals surface area (Å²) < 4.78 is 5.83. The molecule has 21 heavy (non-hydrogen) atoms. The summed E-state index contributed by atoms with van der Waals surface area (Å²) in [6.45, 7) is 0.852. The zero-order valence-corrected chi connectivity index (χ0v) is 11.6. The first kappa shape index (κ1) is 13.7. The normalized spacial score (nSPS) is 10.7. The zero-order chi connectivity index (χ0) is 13.4. The van der Waals surface area contributed by atoms with Crippen molar-refractivity contribution in [1.29, 1.82) is 0 Å². The number of nitrogens with one attached hydrogen (secondary N) is 1. The van der Waals surface area contributed by atoms with E-state index in [1.165, 1.54) is 10.9 Å². The third kappa shape index (κ3) is 2.52. The molecule has 0 radical (unpaired) electrons. The van der Waals surface area contributed by atoms with Gasteiger partial charge in [0.15, 0.2) is 0 Å². The highest BCUT2D eigenvalue weighted by Gasteiger charge is 2.06. The minimum atomic E-state index is 0. The third-order valence-corrected chi connectivity index (χ3v) is 4.19. The summed E-state index contributed by atoms with van der Waals surface area (Å²) in [5.74, 6) is 0. The molecule has 0 bridgehead atoms. The Morgan fingerprint density at radius 1 is 0.952 bits per heavy atom. The highest BCUT2D eigenvalue weighted by atomic mass is 32.1. The molecule has 0 spiro atoms. The Kier molecular flexibility index (Phi) is 3.67. The van der Waals surface area contributed by atoms with Gasteiger partial charge < -0.3 is 9.73 Å². The molecule has 0 fully saturated rings. The van der Waals surface area contributed by atoms with Gasteiger partial charge in [0, 0.05) is 23.0 Å². The molecule has 0 aliphatic carbocycles. The van der Waals surface area contributed by atoms with Crippen LogP contribution < -0.4 is 5.32 Å². The van der Waals surface area contributed by atoms with Crippen LogP contribution in [-0.2, 0) is 6.54 Å². The number of hydrogen-bond acceptors (Lipinski definition) is 3. The van der Waals surface area contributed by atoms with E-state index in [0.29, 0.717) is 0 Å². The predicted molar refractivity (Wildman–Crippen MR) is 92.1 cm³/mol. The van der Waals surface area contributed by atoms with Gasteiger partial charge in [0.1, 0.15) is 11.2 Å². The van der Waals surface area contributed by atoms with E-state index in [2.05, 4.69) is 40.3 Å². The molecule has 2 aromatic carbocycles. The first-order valence-corrected chi connectivity index (χ1v) is 7.51. The molecule has 4 aromatic rings. The molecule has 0 saturated heterocycles. The summed E-state index contributed by atoms with van der Waals surface area (Å²) in [7, 11) is 0. The first-order chi connectivity index (χ1) is 9.90. The van der Waals surface area contributed by atoms with Crippen LogP contribution in [0.2, 0.25) is 0 Å². The monoisotopic (exact) mass is 295 g/mol. The molecule has 0 unspecified atom stereocenters. The molecule has 3 heteroatoms. The number of para-hydroxylation sites is 1. The number of rotatable bonds is 3. The first-order valence-electron chi connectivity index (χ1n) is 6.56. The molecule has 0 saturated carbocycles. The molecule has 2 nitrogen and oxygen atoms in total. The van der Waals surface area contributed by atoms with Gasteiger partial charge in [-0.1, -0.05) is 25.6 Å². The fourth-order valence-corrected chi connectivity index (χ4v) is 3.10. The van der Waals surface area contributed by atoms with E-state index < -0.39 is 0 Å². The zero-order valence-electron chi connectivity index (χ0n) is 10.8. The number of anilines is 1. The summed E-state index contributed by atoms with van der Waals surface area (Å²) in [5, 5.41) is 10.1. The Labute approximate surface area is 128 Å². The van der Waals surface area contributed by atoms with E-state index in [-0.39, 0.29) is 7.43 Å². The van der Waals surface area contributed by atoms with E-state index >= 15 is 0 Å². The molecule has 0 atom stereocenters. The van der Waals surface area contributed by atoms with Crippen molar-refractivity contribution in [2.24, 2.45) is 0 Å². The number of fused-ring (bicyclic) bond motifs is 3. The Hall–Kier alpha value is -2.26. The van der Waals surface area contributed by atoms with Gasteiger partial charge in [-0.15, -0.1) is 0 Å². The minimum absolute atomic E-state index is 0. The highest BCUT2D eigenvalue weighted by molar-refractivity contribution is 7.07.